The number of esters is 1. The number of nitrogens with zero attached hydrogens (tertiary/aromatic N) is 1. The maximum Gasteiger partial charge on any atom is 0.337 e. The molecular formula is C28H29N3O5. The molecule has 1 amide bonds. The number of fused-ring (bicyclic) bond motifs is 1. The third-order valence-electron chi connectivity index (χ3n) is 5.96. The summed E-state index contributed by atoms with van der Waals surface area (Å²) in [5.41, 5.74) is 5.41. The Labute approximate surface area is 209 Å². The number of nitrogens with one attached hydrogen (secondary N) is 2. The summed E-state index contributed by atoms with van der Waals surface area (Å²) in [6.45, 7) is 1.62. The van der Waals surface area contributed by atoms with Crippen LogP contribution in [0.15, 0.2) is 72.8 Å². The number of carbonyl (C=O) groups excluding carboxylic acids is 2. The highest BCUT2D eigenvalue weighted by molar-refractivity contribution is 6.37. The van der Waals surface area contributed by atoms with Crippen LogP contribution in [0.1, 0.15) is 27.0 Å². The van der Waals surface area contributed by atoms with Crippen LogP contribution in [-0.4, -0.2) is 60.4 Å². The Hall–Kier alpha value is -3.98. The SMILES string of the molecule is COC(=O)c1ccc2c(c1)NC(=O)C2=C(Nc1ccc(CN(CCO)CCO)cc1)c1ccccc1. The Morgan fingerprint density at radius 2 is 1.64 bits per heavy atom. The Kier molecular flexibility index (Phi) is 8.12. The summed E-state index contributed by atoms with van der Waals surface area (Å²) in [7, 11) is 1.32. The first-order chi connectivity index (χ1) is 17.5. The minimum absolute atomic E-state index is 0.0261. The summed E-state index contributed by atoms with van der Waals surface area (Å²) in [4.78, 5) is 27.0. The molecule has 0 radical (unpaired) electrons. The molecule has 0 atom stereocenters. The first-order valence-corrected chi connectivity index (χ1v) is 11.7. The van der Waals surface area contributed by atoms with Crippen LogP contribution in [0.4, 0.5) is 11.4 Å². The monoisotopic (exact) mass is 487 g/mol. The molecule has 3 aromatic carbocycles. The Morgan fingerprint density at radius 1 is 0.944 bits per heavy atom. The first-order valence-electron chi connectivity index (χ1n) is 11.7. The number of hydrogen-bond donors (Lipinski definition) is 4. The number of aliphatic hydroxyl groups excluding tert-OH is 2. The molecule has 0 bridgehead atoms. The molecule has 1 aliphatic heterocycles. The Balaban J connectivity index is 1.68. The molecule has 0 spiro atoms. The van der Waals surface area contributed by atoms with Crippen LogP contribution in [0, 0.1) is 0 Å². The van der Waals surface area contributed by atoms with Crippen molar-refractivity contribution in [3.05, 3.63) is 95.1 Å². The van der Waals surface area contributed by atoms with Crippen molar-refractivity contribution in [2.24, 2.45) is 0 Å². The number of hydrogen-bond acceptors (Lipinski definition) is 7. The molecule has 186 valence electrons. The van der Waals surface area contributed by atoms with Gasteiger partial charge in [-0.05, 0) is 35.4 Å². The van der Waals surface area contributed by atoms with Crippen LogP contribution in [0.25, 0.3) is 11.3 Å². The van der Waals surface area contributed by atoms with E-state index in [4.69, 9.17) is 4.74 Å². The number of rotatable bonds is 10. The average Bonchev–Trinajstić information content (AvgIpc) is 3.23. The molecule has 0 saturated carbocycles. The molecular weight excluding hydrogens is 458 g/mol. The lowest BCUT2D eigenvalue weighted by Gasteiger charge is -2.20. The minimum atomic E-state index is -0.470. The predicted octanol–water partition coefficient (Wildman–Crippen LogP) is 3.19. The van der Waals surface area contributed by atoms with E-state index in [9.17, 15) is 19.8 Å². The number of amides is 1. The van der Waals surface area contributed by atoms with E-state index in [2.05, 4.69) is 10.6 Å². The highest BCUT2D eigenvalue weighted by atomic mass is 16.5. The summed E-state index contributed by atoms with van der Waals surface area (Å²) in [6, 6.07) is 22.4. The molecule has 0 fully saturated rings. The Bertz CT molecular complexity index is 1250. The van der Waals surface area contributed by atoms with Crippen LogP contribution < -0.4 is 10.6 Å². The van der Waals surface area contributed by atoms with Crippen molar-refractivity contribution < 1.29 is 24.5 Å². The molecule has 1 aliphatic rings. The van der Waals surface area contributed by atoms with Crippen LogP contribution in [0.3, 0.4) is 0 Å². The van der Waals surface area contributed by atoms with Gasteiger partial charge in [0.15, 0.2) is 0 Å². The van der Waals surface area contributed by atoms with Crippen LogP contribution in [0.5, 0.6) is 0 Å². The second-order valence-electron chi connectivity index (χ2n) is 8.37. The fourth-order valence-electron chi connectivity index (χ4n) is 4.20. The highest BCUT2D eigenvalue weighted by Crippen LogP contribution is 2.38. The lowest BCUT2D eigenvalue weighted by molar-refractivity contribution is -0.110. The van der Waals surface area contributed by atoms with Crippen molar-refractivity contribution in [3.8, 4) is 0 Å². The van der Waals surface area contributed by atoms with E-state index in [0.717, 1.165) is 16.8 Å². The van der Waals surface area contributed by atoms with E-state index < -0.39 is 5.97 Å². The standard InChI is InChI=1S/C28H29N3O5/c1-36-28(35)21-9-12-23-24(17-21)30-27(34)25(23)26(20-5-3-2-4-6-20)29-22-10-7-19(8-11-22)18-31(13-15-32)14-16-33/h2-12,17,29,32-33H,13-16,18H2,1H3,(H,30,34). The summed E-state index contributed by atoms with van der Waals surface area (Å²) >= 11 is 0. The van der Waals surface area contributed by atoms with Gasteiger partial charge in [0, 0.05) is 30.9 Å². The van der Waals surface area contributed by atoms with Crippen LogP contribution in [0.2, 0.25) is 0 Å². The van der Waals surface area contributed by atoms with Gasteiger partial charge in [0.2, 0.25) is 0 Å². The van der Waals surface area contributed by atoms with Crippen molar-refractivity contribution in [2.75, 3.05) is 44.0 Å². The quantitative estimate of drug-likeness (QED) is 0.257. The maximum absolute atomic E-state index is 13.1. The molecule has 8 nitrogen and oxygen atoms in total. The number of ether oxygens (including phenoxy) is 1. The van der Waals surface area contributed by atoms with Gasteiger partial charge in [-0.15, -0.1) is 0 Å². The molecule has 0 aliphatic carbocycles. The third-order valence-corrected chi connectivity index (χ3v) is 5.96. The van der Waals surface area contributed by atoms with Gasteiger partial charge in [0.05, 0.1) is 42.8 Å². The number of methoxy groups -OCH3 is 1. The zero-order valence-corrected chi connectivity index (χ0v) is 20.0. The van der Waals surface area contributed by atoms with Crippen LogP contribution >= 0.6 is 0 Å². The summed E-state index contributed by atoms with van der Waals surface area (Å²) in [5, 5.41) is 24.8. The van der Waals surface area contributed by atoms with Crippen molar-refractivity contribution in [1.82, 2.24) is 4.90 Å². The van der Waals surface area contributed by atoms with E-state index in [1.807, 2.05) is 59.5 Å². The van der Waals surface area contributed by atoms with Crippen molar-refractivity contribution in [2.45, 2.75) is 6.54 Å². The molecule has 36 heavy (non-hydrogen) atoms. The molecule has 3 aromatic rings. The number of benzene rings is 3. The van der Waals surface area contributed by atoms with E-state index >= 15 is 0 Å². The van der Waals surface area contributed by atoms with Gasteiger partial charge < -0.3 is 25.6 Å². The topological polar surface area (TPSA) is 111 Å². The molecule has 1 heterocycles. The maximum atomic E-state index is 13.1. The molecule has 4 N–H and O–H groups in total. The zero-order chi connectivity index (χ0) is 25.5. The second kappa shape index (κ2) is 11.6. The highest BCUT2D eigenvalue weighted by Gasteiger charge is 2.29. The molecule has 0 unspecified atom stereocenters. The van der Waals surface area contributed by atoms with Gasteiger partial charge in [0.25, 0.3) is 5.91 Å². The summed E-state index contributed by atoms with van der Waals surface area (Å²) in [6.07, 6.45) is 0. The molecule has 0 saturated heterocycles. The molecule has 8 heteroatoms. The fourth-order valence-corrected chi connectivity index (χ4v) is 4.20. The smallest absolute Gasteiger partial charge is 0.337 e. The van der Waals surface area contributed by atoms with Crippen molar-refractivity contribution >= 4 is 34.5 Å². The third kappa shape index (κ3) is 5.63. The van der Waals surface area contributed by atoms with Crippen LogP contribution in [-0.2, 0) is 16.1 Å². The lowest BCUT2D eigenvalue weighted by Crippen LogP contribution is -2.29. The number of anilines is 2. The van der Waals surface area contributed by atoms with E-state index in [0.29, 0.717) is 47.7 Å². The van der Waals surface area contributed by atoms with E-state index in [1.54, 1.807) is 18.2 Å². The predicted molar refractivity (Wildman–Crippen MR) is 139 cm³/mol. The number of carbonyl (C=O) groups is 2. The largest absolute Gasteiger partial charge is 0.465 e. The Morgan fingerprint density at radius 3 is 2.28 bits per heavy atom. The molecule has 4 rings (SSSR count). The zero-order valence-electron chi connectivity index (χ0n) is 20.0. The fraction of sp³-hybridized carbons (Fsp3) is 0.214. The van der Waals surface area contributed by atoms with E-state index in [1.165, 1.54) is 7.11 Å². The lowest BCUT2D eigenvalue weighted by atomic mass is 9.99. The second-order valence-corrected chi connectivity index (χ2v) is 8.37. The van der Waals surface area contributed by atoms with Gasteiger partial charge in [0.1, 0.15) is 0 Å². The molecule has 0 aromatic heterocycles. The van der Waals surface area contributed by atoms with Gasteiger partial charge in [-0.2, -0.15) is 0 Å². The van der Waals surface area contributed by atoms with Crippen molar-refractivity contribution in [1.29, 1.82) is 0 Å². The number of aliphatic hydroxyl groups is 2. The van der Waals surface area contributed by atoms with Gasteiger partial charge in [-0.1, -0.05) is 48.5 Å². The first kappa shape index (κ1) is 25.1. The normalized spacial score (nSPS) is 13.8. The van der Waals surface area contributed by atoms with Gasteiger partial charge in [-0.25, -0.2) is 4.79 Å². The van der Waals surface area contributed by atoms with Gasteiger partial charge >= 0.3 is 5.97 Å². The summed E-state index contributed by atoms with van der Waals surface area (Å²) < 4.78 is 4.80. The van der Waals surface area contributed by atoms with Gasteiger partial charge in [-0.3, -0.25) is 9.69 Å². The van der Waals surface area contributed by atoms with Crippen molar-refractivity contribution in [3.63, 3.8) is 0 Å². The average molecular weight is 488 g/mol. The van der Waals surface area contributed by atoms with E-state index in [-0.39, 0.29) is 19.1 Å². The minimum Gasteiger partial charge on any atom is -0.465 e. The summed E-state index contributed by atoms with van der Waals surface area (Å²) in [5.74, 6) is -0.735.